The van der Waals surface area contributed by atoms with Gasteiger partial charge in [0.15, 0.2) is 0 Å². The molecule has 0 aliphatic heterocycles. The zero-order valence-electron chi connectivity index (χ0n) is 13.4. The third-order valence-electron chi connectivity index (χ3n) is 3.63. The monoisotopic (exact) mass is 313 g/mol. The highest BCUT2D eigenvalue weighted by Gasteiger charge is 2.23. The van der Waals surface area contributed by atoms with E-state index in [1.54, 1.807) is 22.0 Å². The molecule has 5 heteroatoms. The first-order valence-electron chi connectivity index (χ1n) is 7.86. The number of aliphatic hydroxyl groups excluding tert-OH is 1. The lowest BCUT2D eigenvalue weighted by Gasteiger charge is -2.25. The number of hydrogen-bond donors (Lipinski definition) is 1. The number of carbonyl (C=O) groups is 1. The molecule has 0 saturated heterocycles. The van der Waals surface area contributed by atoms with Gasteiger partial charge in [0.05, 0.1) is 6.61 Å². The van der Waals surface area contributed by atoms with Crippen molar-refractivity contribution in [1.82, 2.24) is 14.7 Å². The molecule has 0 bridgehead atoms. The van der Waals surface area contributed by atoms with Crippen LogP contribution in [-0.4, -0.2) is 45.4 Å². The average molecular weight is 313 g/mol. The lowest BCUT2D eigenvalue weighted by molar-refractivity contribution is -0.135. The van der Waals surface area contributed by atoms with Crippen molar-refractivity contribution in [3.8, 4) is 0 Å². The van der Waals surface area contributed by atoms with E-state index in [2.05, 4.69) is 5.10 Å². The van der Waals surface area contributed by atoms with Crippen LogP contribution in [0.1, 0.15) is 24.9 Å². The maximum atomic E-state index is 12.7. The standard InChI is InChI=1S/C18H23N3O2/c1-2-17(21-13-7-11-19-21)18(23)20(14-15-22)12-6-10-16-8-4-3-5-9-16/h3-11,13,17,22H,2,12,14-15H2,1H3/b10-6+/t17-/m0/s1. The van der Waals surface area contributed by atoms with Crippen LogP contribution in [0.15, 0.2) is 54.9 Å². The van der Waals surface area contributed by atoms with Crippen molar-refractivity contribution in [2.75, 3.05) is 19.7 Å². The first-order valence-corrected chi connectivity index (χ1v) is 7.86. The lowest BCUT2D eigenvalue weighted by atomic mass is 10.2. The Balaban J connectivity index is 2.04. The molecule has 0 aliphatic carbocycles. The van der Waals surface area contributed by atoms with E-state index in [0.717, 1.165) is 5.56 Å². The van der Waals surface area contributed by atoms with Gasteiger partial charge in [-0.25, -0.2) is 0 Å². The Bertz CT molecular complexity index is 608. The summed E-state index contributed by atoms with van der Waals surface area (Å²) in [6.07, 6.45) is 8.04. The Morgan fingerprint density at radius 2 is 2.13 bits per heavy atom. The van der Waals surface area contributed by atoms with Crippen molar-refractivity contribution in [2.24, 2.45) is 0 Å². The molecule has 1 atom stereocenters. The normalized spacial score (nSPS) is 12.4. The second-order valence-electron chi connectivity index (χ2n) is 5.23. The number of benzene rings is 1. The molecule has 1 N–H and O–H groups in total. The number of hydrogen-bond acceptors (Lipinski definition) is 3. The van der Waals surface area contributed by atoms with E-state index in [-0.39, 0.29) is 18.6 Å². The summed E-state index contributed by atoms with van der Waals surface area (Å²) in [5.41, 5.74) is 1.09. The Kier molecular flexibility index (Phi) is 6.56. The summed E-state index contributed by atoms with van der Waals surface area (Å²) >= 11 is 0. The second-order valence-corrected chi connectivity index (χ2v) is 5.23. The summed E-state index contributed by atoms with van der Waals surface area (Å²) in [6, 6.07) is 11.4. The highest BCUT2D eigenvalue weighted by molar-refractivity contribution is 5.80. The van der Waals surface area contributed by atoms with E-state index in [0.29, 0.717) is 19.5 Å². The van der Waals surface area contributed by atoms with E-state index >= 15 is 0 Å². The van der Waals surface area contributed by atoms with Crippen molar-refractivity contribution in [3.63, 3.8) is 0 Å². The topological polar surface area (TPSA) is 58.4 Å². The van der Waals surface area contributed by atoms with Crippen LogP contribution >= 0.6 is 0 Å². The van der Waals surface area contributed by atoms with Gasteiger partial charge in [0.25, 0.3) is 0 Å². The van der Waals surface area contributed by atoms with E-state index in [9.17, 15) is 9.90 Å². The van der Waals surface area contributed by atoms with Gasteiger partial charge in [-0.1, -0.05) is 49.4 Å². The fourth-order valence-corrected chi connectivity index (χ4v) is 2.44. The van der Waals surface area contributed by atoms with Gasteiger partial charge < -0.3 is 10.0 Å². The van der Waals surface area contributed by atoms with E-state index in [1.165, 1.54) is 0 Å². The minimum Gasteiger partial charge on any atom is -0.395 e. The van der Waals surface area contributed by atoms with Crippen LogP contribution in [0.5, 0.6) is 0 Å². The molecule has 0 fully saturated rings. The van der Waals surface area contributed by atoms with Gasteiger partial charge >= 0.3 is 0 Å². The molecule has 122 valence electrons. The van der Waals surface area contributed by atoms with Crippen LogP contribution in [0.2, 0.25) is 0 Å². The maximum absolute atomic E-state index is 12.7. The Hall–Kier alpha value is -2.40. The summed E-state index contributed by atoms with van der Waals surface area (Å²) < 4.78 is 1.67. The first kappa shape index (κ1) is 17.0. The van der Waals surface area contributed by atoms with E-state index < -0.39 is 0 Å². The molecule has 0 saturated carbocycles. The minimum atomic E-state index is -0.332. The highest BCUT2D eigenvalue weighted by atomic mass is 16.3. The Morgan fingerprint density at radius 1 is 1.35 bits per heavy atom. The smallest absolute Gasteiger partial charge is 0.247 e. The average Bonchev–Trinajstić information content (AvgIpc) is 3.10. The zero-order valence-corrected chi connectivity index (χ0v) is 13.4. The molecule has 0 spiro atoms. The number of nitrogens with zero attached hydrogens (tertiary/aromatic N) is 3. The molecule has 5 nitrogen and oxygen atoms in total. The largest absolute Gasteiger partial charge is 0.395 e. The number of aromatic nitrogens is 2. The molecule has 1 heterocycles. The third-order valence-corrected chi connectivity index (χ3v) is 3.63. The van der Waals surface area contributed by atoms with E-state index in [4.69, 9.17) is 0 Å². The van der Waals surface area contributed by atoms with Crippen molar-refractivity contribution in [3.05, 3.63) is 60.4 Å². The predicted molar refractivity (Wildman–Crippen MR) is 90.7 cm³/mol. The number of aliphatic hydroxyl groups is 1. The van der Waals surface area contributed by atoms with Crippen molar-refractivity contribution < 1.29 is 9.90 Å². The Morgan fingerprint density at radius 3 is 2.74 bits per heavy atom. The van der Waals surface area contributed by atoms with Gasteiger partial charge in [-0.15, -0.1) is 0 Å². The number of rotatable bonds is 8. The quantitative estimate of drug-likeness (QED) is 0.814. The zero-order chi connectivity index (χ0) is 16.5. The van der Waals surface area contributed by atoms with Gasteiger partial charge in [0.2, 0.25) is 5.91 Å². The molecule has 2 rings (SSSR count). The van der Waals surface area contributed by atoms with Crippen molar-refractivity contribution >= 4 is 12.0 Å². The van der Waals surface area contributed by atoms with Crippen molar-refractivity contribution in [2.45, 2.75) is 19.4 Å². The molecule has 0 unspecified atom stereocenters. The van der Waals surface area contributed by atoms with Gasteiger partial charge in [0, 0.05) is 25.5 Å². The molecule has 2 aromatic rings. The fourth-order valence-electron chi connectivity index (χ4n) is 2.44. The first-order chi connectivity index (χ1) is 11.3. The highest BCUT2D eigenvalue weighted by Crippen LogP contribution is 2.14. The predicted octanol–water partition coefficient (Wildman–Crippen LogP) is 2.37. The molecule has 0 aliphatic rings. The molecule has 1 amide bonds. The number of amides is 1. The van der Waals surface area contributed by atoms with Gasteiger partial charge in [-0.3, -0.25) is 9.48 Å². The molecule has 23 heavy (non-hydrogen) atoms. The van der Waals surface area contributed by atoms with Crippen LogP contribution in [0.3, 0.4) is 0 Å². The summed E-state index contributed by atoms with van der Waals surface area (Å²) in [5.74, 6) is -0.0250. The maximum Gasteiger partial charge on any atom is 0.247 e. The second kappa shape index (κ2) is 8.90. The summed E-state index contributed by atoms with van der Waals surface area (Å²) in [5, 5.41) is 13.4. The Labute approximate surface area is 136 Å². The van der Waals surface area contributed by atoms with Crippen molar-refractivity contribution in [1.29, 1.82) is 0 Å². The van der Waals surface area contributed by atoms with Crippen LogP contribution in [0.4, 0.5) is 0 Å². The molecule has 1 aromatic heterocycles. The molecule has 0 radical (unpaired) electrons. The summed E-state index contributed by atoms with van der Waals surface area (Å²) in [4.78, 5) is 14.4. The molecule has 1 aromatic carbocycles. The van der Waals surface area contributed by atoms with Gasteiger partial charge in [-0.2, -0.15) is 5.10 Å². The number of carbonyl (C=O) groups excluding carboxylic acids is 1. The van der Waals surface area contributed by atoms with Crippen LogP contribution in [0.25, 0.3) is 6.08 Å². The summed E-state index contributed by atoms with van der Waals surface area (Å²) in [6.45, 7) is 2.68. The summed E-state index contributed by atoms with van der Waals surface area (Å²) in [7, 11) is 0. The molecular formula is C18H23N3O2. The minimum absolute atomic E-state index is 0.0250. The van der Waals surface area contributed by atoms with Gasteiger partial charge in [0.1, 0.15) is 6.04 Å². The molecular weight excluding hydrogens is 290 g/mol. The lowest BCUT2D eigenvalue weighted by Crippen LogP contribution is -2.39. The van der Waals surface area contributed by atoms with Gasteiger partial charge in [-0.05, 0) is 18.1 Å². The third kappa shape index (κ3) is 4.79. The van der Waals surface area contributed by atoms with Crippen LogP contribution in [0, 0.1) is 0 Å². The van der Waals surface area contributed by atoms with E-state index in [1.807, 2.05) is 55.5 Å². The van der Waals surface area contributed by atoms with Crippen LogP contribution in [-0.2, 0) is 4.79 Å². The van der Waals surface area contributed by atoms with Crippen LogP contribution < -0.4 is 0 Å². The SMILES string of the molecule is CC[C@@H](C(=O)N(C/C=C/c1ccccc1)CCO)n1cccn1. The fraction of sp³-hybridized carbons (Fsp3) is 0.333.